The molecule has 112 valence electrons. The molecule has 3 N–H and O–H groups in total. The standard InChI is InChI=1S/C11H13Cl2NO5S/c1-5-3-7(12)6(2)10(9(5)13)20(18,19)14-4-8(15)11(16)17/h3,8,14-15H,4H2,1-2H3,(H,16,17)/t8-/m0/s1. The topological polar surface area (TPSA) is 104 Å². The van der Waals surface area contributed by atoms with Crippen molar-refractivity contribution in [2.24, 2.45) is 0 Å². The summed E-state index contributed by atoms with van der Waals surface area (Å²) in [5.41, 5.74) is 0.723. The largest absolute Gasteiger partial charge is 0.479 e. The van der Waals surface area contributed by atoms with Crippen LogP contribution in [0.15, 0.2) is 11.0 Å². The van der Waals surface area contributed by atoms with E-state index in [-0.39, 0.29) is 20.5 Å². The van der Waals surface area contributed by atoms with Gasteiger partial charge in [0.05, 0.1) is 5.02 Å². The van der Waals surface area contributed by atoms with Gasteiger partial charge in [-0.15, -0.1) is 0 Å². The number of carboxylic acids is 1. The van der Waals surface area contributed by atoms with Crippen LogP contribution < -0.4 is 4.72 Å². The number of aliphatic hydroxyl groups excluding tert-OH is 1. The lowest BCUT2D eigenvalue weighted by Gasteiger charge is -2.14. The van der Waals surface area contributed by atoms with Crippen LogP contribution in [0.25, 0.3) is 0 Å². The Balaban J connectivity index is 3.20. The maximum Gasteiger partial charge on any atom is 0.333 e. The van der Waals surface area contributed by atoms with E-state index in [9.17, 15) is 13.2 Å². The molecule has 0 fully saturated rings. The Morgan fingerprint density at radius 1 is 1.40 bits per heavy atom. The van der Waals surface area contributed by atoms with Crippen molar-refractivity contribution >= 4 is 39.2 Å². The second-order valence-electron chi connectivity index (χ2n) is 4.15. The minimum Gasteiger partial charge on any atom is -0.479 e. The van der Waals surface area contributed by atoms with Crippen LogP contribution in [0.5, 0.6) is 0 Å². The zero-order chi connectivity index (χ0) is 15.7. The van der Waals surface area contributed by atoms with Gasteiger partial charge in [-0.25, -0.2) is 17.9 Å². The van der Waals surface area contributed by atoms with Crippen molar-refractivity contribution in [2.45, 2.75) is 24.8 Å². The summed E-state index contributed by atoms with van der Waals surface area (Å²) in [6.07, 6.45) is -1.84. The molecule has 1 aromatic rings. The third kappa shape index (κ3) is 3.62. The molecule has 0 bridgehead atoms. The Kier molecular flexibility index (Phi) is 5.39. The van der Waals surface area contributed by atoms with Crippen molar-refractivity contribution in [1.82, 2.24) is 4.72 Å². The summed E-state index contributed by atoms with van der Waals surface area (Å²) in [5.74, 6) is -1.53. The van der Waals surface area contributed by atoms with E-state index >= 15 is 0 Å². The van der Waals surface area contributed by atoms with Crippen molar-refractivity contribution in [3.8, 4) is 0 Å². The fourth-order valence-corrected chi connectivity index (χ4v) is 3.73. The summed E-state index contributed by atoms with van der Waals surface area (Å²) < 4.78 is 26.3. The molecule has 0 saturated carbocycles. The quantitative estimate of drug-likeness (QED) is 0.749. The number of carbonyl (C=O) groups is 1. The van der Waals surface area contributed by atoms with Gasteiger partial charge in [0.25, 0.3) is 0 Å². The van der Waals surface area contributed by atoms with Crippen LogP contribution in [0.4, 0.5) is 0 Å². The lowest BCUT2D eigenvalue weighted by Crippen LogP contribution is -2.36. The molecule has 1 atom stereocenters. The molecule has 20 heavy (non-hydrogen) atoms. The molecule has 0 aliphatic carbocycles. The monoisotopic (exact) mass is 341 g/mol. The fraction of sp³-hybridized carbons (Fsp3) is 0.364. The first kappa shape index (κ1) is 17.2. The molecule has 0 unspecified atom stereocenters. The number of sulfonamides is 1. The number of hydrogen-bond acceptors (Lipinski definition) is 4. The summed E-state index contributed by atoms with van der Waals surface area (Å²) in [4.78, 5) is 10.2. The number of carboxylic acid groups (broad SMARTS) is 1. The van der Waals surface area contributed by atoms with E-state index in [1.54, 1.807) is 6.92 Å². The first-order valence-electron chi connectivity index (χ1n) is 5.43. The second kappa shape index (κ2) is 6.28. The van der Waals surface area contributed by atoms with Crippen LogP contribution >= 0.6 is 23.2 Å². The van der Waals surface area contributed by atoms with Gasteiger partial charge in [0.15, 0.2) is 6.10 Å². The molecule has 0 saturated heterocycles. The van der Waals surface area contributed by atoms with E-state index in [0.717, 1.165) is 0 Å². The van der Waals surface area contributed by atoms with Crippen LogP contribution in [-0.4, -0.2) is 37.2 Å². The first-order valence-corrected chi connectivity index (χ1v) is 7.67. The normalized spacial score (nSPS) is 13.2. The van der Waals surface area contributed by atoms with E-state index in [1.807, 2.05) is 4.72 Å². The Labute approximate surface area is 126 Å². The van der Waals surface area contributed by atoms with Crippen molar-refractivity contribution in [2.75, 3.05) is 6.54 Å². The Hall–Kier alpha value is -0.860. The van der Waals surface area contributed by atoms with Crippen LogP contribution in [0.1, 0.15) is 11.1 Å². The van der Waals surface area contributed by atoms with Crippen molar-refractivity contribution in [1.29, 1.82) is 0 Å². The van der Waals surface area contributed by atoms with Gasteiger partial charge in [-0.2, -0.15) is 0 Å². The van der Waals surface area contributed by atoms with Gasteiger partial charge in [0, 0.05) is 11.6 Å². The molecule has 0 heterocycles. The minimum absolute atomic E-state index is 0.00390. The van der Waals surface area contributed by atoms with Gasteiger partial charge in [0.2, 0.25) is 10.0 Å². The number of halogens is 2. The lowest BCUT2D eigenvalue weighted by atomic mass is 10.2. The third-order valence-electron chi connectivity index (χ3n) is 2.61. The fourth-order valence-electron chi connectivity index (χ4n) is 1.48. The van der Waals surface area contributed by atoms with E-state index in [4.69, 9.17) is 33.4 Å². The van der Waals surface area contributed by atoms with Crippen LogP contribution in [-0.2, 0) is 14.8 Å². The van der Waals surface area contributed by atoms with Crippen molar-refractivity contribution in [3.63, 3.8) is 0 Å². The Bertz CT molecular complexity index is 618. The maximum absolute atomic E-state index is 12.1. The molecule has 0 amide bonds. The molecule has 1 rings (SSSR count). The maximum atomic E-state index is 12.1. The Morgan fingerprint density at radius 3 is 2.45 bits per heavy atom. The van der Waals surface area contributed by atoms with E-state index in [2.05, 4.69) is 0 Å². The predicted octanol–water partition coefficient (Wildman–Crippen LogP) is 1.33. The minimum atomic E-state index is -4.08. The molecule has 0 radical (unpaired) electrons. The van der Waals surface area contributed by atoms with Crippen molar-refractivity contribution < 1.29 is 23.4 Å². The third-order valence-corrected chi connectivity index (χ3v) is 5.19. The molecule has 0 aliphatic rings. The summed E-state index contributed by atoms with van der Waals surface area (Å²) in [6.45, 7) is 2.41. The zero-order valence-corrected chi connectivity index (χ0v) is 13.0. The summed E-state index contributed by atoms with van der Waals surface area (Å²) in [7, 11) is -4.08. The number of benzene rings is 1. The van der Waals surface area contributed by atoms with Gasteiger partial charge in [-0.05, 0) is 31.0 Å². The number of aryl methyl sites for hydroxylation is 1. The number of aliphatic hydroxyl groups is 1. The number of aliphatic carboxylic acids is 1. The van der Waals surface area contributed by atoms with Crippen LogP contribution in [0, 0.1) is 13.8 Å². The average Bonchev–Trinajstić information content (AvgIpc) is 2.33. The molecule has 1 aromatic carbocycles. The van der Waals surface area contributed by atoms with E-state index in [0.29, 0.717) is 5.56 Å². The van der Waals surface area contributed by atoms with Gasteiger partial charge in [-0.3, -0.25) is 0 Å². The molecule has 9 heteroatoms. The molecule has 0 spiro atoms. The predicted molar refractivity (Wildman–Crippen MR) is 74.8 cm³/mol. The summed E-state index contributed by atoms with van der Waals surface area (Å²) >= 11 is 11.9. The average molecular weight is 342 g/mol. The van der Waals surface area contributed by atoms with E-state index in [1.165, 1.54) is 13.0 Å². The SMILES string of the molecule is Cc1cc(Cl)c(C)c(S(=O)(=O)NC[C@H](O)C(=O)O)c1Cl. The number of hydrogen-bond donors (Lipinski definition) is 3. The molecular formula is C11H13Cl2NO5S. The number of rotatable bonds is 5. The number of nitrogens with one attached hydrogen (secondary N) is 1. The van der Waals surface area contributed by atoms with Crippen LogP contribution in [0.3, 0.4) is 0 Å². The Morgan fingerprint density at radius 2 is 1.95 bits per heavy atom. The van der Waals surface area contributed by atoms with Gasteiger partial charge < -0.3 is 10.2 Å². The summed E-state index contributed by atoms with van der Waals surface area (Å²) in [5, 5.41) is 17.8. The second-order valence-corrected chi connectivity index (χ2v) is 6.64. The van der Waals surface area contributed by atoms with Gasteiger partial charge >= 0.3 is 5.97 Å². The molecular weight excluding hydrogens is 329 g/mol. The van der Waals surface area contributed by atoms with Crippen LogP contribution in [0.2, 0.25) is 10.0 Å². The first-order chi connectivity index (χ1) is 9.08. The molecule has 0 aliphatic heterocycles. The van der Waals surface area contributed by atoms with Gasteiger partial charge in [0.1, 0.15) is 4.90 Å². The summed E-state index contributed by atoms with van der Waals surface area (Å²) in [6, 6.07) is 1.53. The van der Waals surface area contributed by atoms with Gasteiger partial charge in [-0.1, -0.05) is 23.2 Å². The highest BCUT2D eigenvalue weighted by Crippen LogP contribution is 2.33. The molecule has 0 aromatic heterocycles. The highest BCUT2D eigenvalue weighted by molar-refractivity contribution is 7.89. The zero-order valence-electron chi connectivity index (χ0n) is 10.6. The highest BCUT2D eigenvalue weighted by Gasteiger charge is 2.25. The smallest absolute Gasteiger partial charge is 0.333 e. The van der Waals surface area contributed by atoms with Crippen molar-refractivity contribution in [3.05, 3.63) is 27.2 Å². The van der Waals surface area contributed by atoms with E-state index < -0.39 is 28.6 Å². The lowest BCUT2D eigenvalue weighted by molar-refractivity contribution is -0.146. The highest BCUT2D eigenvalue weighted by atomic mass is 35.5. The molecule has 6 nitrogen and oxygen atoms in total.